The lowest BCUT2D eigenvalue weighted by Crippen LogP contribution is -2.12. The van der Waals surface area contributed by atoms with E-state index in [2.05, 4.69) is 5.32 Å². The van der Waals surface area contributed by atoms with Crippen LogP contribution >= 0.6 is 34.8 Å². The van der Waals surface area contributed by atoms with E-state index in [9.17, 15) is 4.79 Å². The van der Waals surface area contributed by atoms with E-state index >= 15 is 0 Å². The van der Waals surface area contributed by atoms with E-state index in [-0.39, 0.29) is 12.0 Å². The molecule has 0 aromatic heterocycles. The van der Waals surface area contributed by atoms with Gasteiger partial charge in [0.1, 0.15) is 5.75 Å². The number of anilines is 1. The Morgan fingerprint density at radius 2 is 1.87 bits per heavy atom. The fraction of sp³-hybridized carbons (Fsp3) is 0.235. The number of halogens is 3. The Morgan fingerprint density at radius 1 is 1.13 bits per heavy atom. The first-order valence-corrected chi connectivity index (χ1v) is 8.25. The van der Waals surface area contributed by atoms with Crippen LogP contribution in [0.1, 0.15) is 31.9 Å². The van der Waals surface area contributed by atoms with Crippen molar-refractivity contribution in [1.29, 1.82) is 0 Å². The van der Waals surface area contributed by atoms with Crippen LogP contribution in [0.4, 0.5) is 5.69 Å². The van der Waals surface area contributed by atoms with Gasteiger partial charge in [-0.15, -0.1) is 0 Å². The van der Waals surface area contributed by atoms with Crippen molar-refractivity contribution in [2.24, 2.45) is 0 Å². The van der Waals surface area contributed by atoms with Crippen molar-refractivity contribution in [3.63, 3.8) is 0 Å². The van der Waals surface area contributed by atoms with Gasteiger partial charge in [0.2, 0.25) is 0 Å². The van der Waals surface area contributed by atoms with Crippen LogP contribution in [0.2, 0.25) is 15.1 Å². The average Bonchev–Trinajstić information content (AvgIpc) is 2.52. The lowest BCUT2D eigenvalue weighted by molar-refractivity contribution is -0.134. The Balaban J connectivity index is 2.26. The van der Waals surface area contributed by atoms with Gasteiger partial charge in [-0.2, -0.15) is 0 Å². The molecule has 2 aromatic rings. The lowest BCUT2D eigenvalue weighted by Gasteiger charge is -2.19. The second-order valence-corrected chi connectivity index (χ2v) is 6.26. The monoisotopic (exact) mass is 371 g/mol. The third-order valence-corrected chi connectivity index (χ3v) is 4.23. The number of benzene rings is 2. The summed E-state index contributed by atoms with van der Waals surface area (Å²) in [5.41, 5.74) is 1.59. The van der Waals surface area contributed by atoms with E-state index in [0.717, 1.165) is 11.3 Å². The zero-order valence-electron chi connectivity index (χ0n) is 12.7. The Kier molecular flexibility index (Phi) is 6.17. The molecule has 2 rings (SSSR count). The van der Waals surface area contributed by atoms with Gasteiger partial charge >= 0.3 is 5.97 Å². The van der Waals surface area contributed by atoms with Crippen molar-refractivity contribution in [3.05, 3.63) is 57.0 Å². The largest absolute Gasteiger partial charge is 0.426 e. The molecule has 6 heteroatoms. The van der Waals surface area contributed by atoms with Crippen LogP contribution < -0.4 is 10.1 Å². The van der Waals surface area contributed by atoms with Gasteiger partial charge in [0, 0.05) is 22.7 Å². The average molecular weight is 373 g/mol. The Labute approximate surface area is 150 Å². The number of hydrogen-bond acceptors (Lipinski definition) is 3. The molecule has 3 nitrogen and oxygen atoms in total. The fourth-order valence-corrected chi connectivity index (χ4v) is 2.54. The predicted molar refractivity (Wildman–Crippen MR) is 95.9 cm³/mol. The minimum Gasteiger partial charge on any atom is -0.426 e. The zero-order chi connectivity index (χ0) is 17.0. The molecule has 0 aliphatic carbocycles. The molecular weight excluding hydrogens is 357 g/mol. The van der Waals surface area contributed by atoms with E-state index in [1.807, 2.05) is 13.0 Å². The number of hydrogen-bond donors (Lipinski definition) is 1. The maximum absolute atomic E-state index is 11.6. The van der Waals surface area contributed by atoms with Crippen molar-refractivity contribution in [2.45, 2.75) is 26.3 Å². The summed E-state index contributed by atoms with van der Waals surface area (Å²) in [5, 5.41) is 4.82. The van der Waals surface area contributed by atoms with Crippen LogP contribution in [0.15, 0.2) is 36.4 Å². The summed E-state index contributed by atoms with van der Waals surface area (Å²) in [6.45, 7) is 3.69. The normalized spacial score (nSPS) is 11.9. The van der Waals surface area contributed by atoms with Crippen LogP contribution in [0.25, 0.3) is 0 Å². The van der Waals surface area contributed by atoms with Gasteiger partial charge in [0.15, 0.2) is 0 Å². The topological polar surface area (TPSA) is 38.3 Å². The fourth-order valence-electron chi connectivity index (χ4n) is 2.06. The molecule has 2 aromatic carbocycles. The van der Waals surface area contributed by atoms with Crippen molar-refractivity contribution in [3.8, 4) is 5.75 Å². The lowest BCUT2D eigenvalue weighted by atomic mass is 10.1. The molecule has 0 saturated carbocycles. The quantitative estimate of drug-likeness (QED) is 0.506. The predicted octanol–water partition coefficient (Wildman–Crippen LogP) is 6.14. The molecule has 0 heterocycles. The molecular formula is C17H16Cl3NO2. The third-order valence-electron chi connectivity index (χ3n) is 3.25. The molecule has 0 aliphatic rings. The van der Waals surface area contributed by atoms with Crippen LogP contribution in [-0.2, 0) is 4.79 Å². The highest BCUT2D eigenvalue weighted by atomic mass is 35.5. The molecule has 1 unspecified atom stereocenters. The zero-order valence-corrected chi connectivity index (χ0v) is 15.0. The highest BCUT2D eigenvalue weighted by Gasteiger charge is 2.15. The summed E-state index contributed by atoms with van der Waals surface area (Å²) in [5.74, 6) is 0.191. The first kappa shape index (κ1) is 17.9. The number of rotatable bonds is 5. The van der Waals surface area contributed by atoms with Gasteiger partial charge < -0.3 is 10.1 Å². The molecule has 1 N–H and O–H groups in total. The van der Waals surface area contributed by atoms with Gasteiger partial charge in [-0.25, -0.2) is 0 Å². The minimum absolute atomic E-state index is 0.148. The van der Waals surface area contributed by atoms with Gasteiger partial charge in [0.05, 0.1) is 16.1 Å². The van der Waals surface area contributed by atoms with E-state index < -0.39 is 0 Å². The number of esters is 1. The van der Waals surface area contributed by atoms with E-state index in [1.54, 1.807) is 37.3 Å². The van der Waals surface area contributed by atoms with Crippen molar-refractivity contribution in [2.75, 3.05) is 5.32 Å². The molecule has 122 valence electrons. The molecule has 0 radical (unpaired) electrons. The number of nitrogens with one attached hydrogen (secondary N) is 1. The van der Waals surface area contributed by atoms with E-state index in [1.165, 1.54) is 0 Å². The standard InChI is InChI=1S/C17H16Cl3NO2/c1-3-17(22)23-16-7-4-11(18)8-13(16)10(2)21-12-5-6-14(19)15(20)9-12/h4-10,21H,3H2,1-2H3. The summed E-state index contributed by atoms with van der Waals surface area (Å²) in [7, 11) is 0. The second kappa shape index (κ2) is 7.91. The van der Waals surface area contributed by atoms with Crippen LogP contribution in [0, 0.1) is 0 Å². The first-order chi connectivity index (χ1) is 10.9. The summed E-state index contributed by atoms with van der Waals surface area (Å²) in [6.07, 6.45) is 0.302. The summed E-state index contributed by atoms with van der Waals surface area (Å²) >= 11 is 18.0. The van der Waals surface area contributed by atoms with Crippen molar-refractivity contribution >= 4 is 46.5 Å². The third kappa shape index (κ3) is 4.77. The van der Waals surface area contributed by atoms with Crippen molar-refractivity contribution in [1.82, 2.24) is 0 Å². The molecule has 0 saturated heterocycles. The number of carbonyl (C=O) groups is 1. The molecule has 0 amide bonds. The van der Waals surface area contributed by atoms with Gasteiger partial charge in [0.25, 0.3) is 0 Å². The Bertz CT molecular complexity index is 719. The number of ether oxygens (including phenoxy) is 1. The minimum atomic E-state index is -0.296. The summed E-state index contributed by atoms with van der Waals surface area (Å²) < 4.78 is 5.37. The maximum Gasteiger partial charge on any atom is 0.310 e. The SMILES string of the molecule is CCC(=O)Oc1ccc(Cl)cc1C(C)Nc1ccc(Cl)c(Cl)c1. The van der Waals surface area contributed by atoms with Gasteiger partial charge in [-0.3, -0.25) is 4.79 Å². The molecule has 0 aliphatic heterocycles. The molecule has 23 heavy (non-hydrogen) atoms. The second-order valence-electron chi connectivity index (χ2n) is 5.00. The van der Waals surface area contributed by atoms with E-state index in [4.69, 9.17) is 39.5 Å². The molecule has 0 spiro atoms. The van der Waals surface area contributed by atoms with Crippen LogP contribution in [0.3, 0.4) is 0 Å². The molecule has 0 bridgehead atoms. The number of carbonyl (C=O) groups excluding carboxylic acids is 1. The Hall–Kier alpha value is -1.42. The highest BCUT2D eigenvalue weighted by molar-refractivity contribution is 6.42. The van der Waals surface area contributed by atoms with Crippen molar-refractivity contribution < 1.29 is 9.53 Å². The summed E-state index contributed by atoms with van der Waals surface area (Å²) in [4.78, 5) is 11.6. The first-order valence-electron chi connectivity index (χ1n) is 7.12. The van der Waals surface area contributed by atoms with E-state index in [0.29, 0.717) is 27.2 Å². The van der Waals surface area contributed by atoms with Crippen LogP contribution in [0.5, 0.6) is 5.75 Å². The Morgan fingerprint density at radius 3 is 2.52 bits per heavy atom. The smallest absolute Gasteiger partial charge is 0.310 e. The molecule has 1 atom stereocenters. The van der Waals surface area contributed by atoms with Gasteiger partial charge in [-0.05, 0) is 43.3 Å². The highest BCUT2D eigenvalue weighted by Crippen LogP contribution is 2.32. The molecule has 0 fully saturated rings. The maximum atomic E-state index is 11.6. The summed E-state index contributed by atoms with van der Waals surface area (Å²) in [6, 6.07) is 10.3. The van der Waals surface area contributed by atoms with Gasteiger partial charge in [-0.1, -0.05) is 41.7 Å². The van der Waals surface area contributed by atoms with Crippen LogP contribution in [-0.4, -0.2) is 5.97 Å².